The van der Waals surface area contributed by atoms with Crippen LogP contribution in [0.1, 0.15) is 44.3 Å². The molecule has 118 valence electrons. The van der Waals surface area contributed by atoms with Crippen LogP contribution in [-0.2, 0) is 4.74 Å². The van der Waals surface area contributed by atoms with Gasteiger partial charge in [-0.3, -0.25) is 0 Å². The Kier molecular flexibility index (Phi) is 6.20. The Morgan fingerprint density at radius 3 is 2.90 bits per heavy atom. The minimum absolute atomic E-state index is 0.0846. The highest BCUT2D eigenvalue weighted by molar-refractivity contribution is 5.26. The molecule has 0 spiro atoms. The van der Waals surface area contributed by atoms with Gasteiger partial charge in [0.2, 0.25) is 11.8 Å². The lowest BCUT2D eigenvalue weighted by Gasteiger charge is -2.22. The zero-order chi connectivity index (χ0) is 15.1. The van der Waals surface area contributed by atoms with Crippen LogP contribution in [0.2, 0.25) is 0 Å². The van der Waals surface area contributed by atoms with Gasteiger partial charge in [-0.25, -0.2) is 4.98 Å². The lowest BCUT2D eigenvalue weighted by molar-refractivity contribution is 0.0937. The lowest BCUT2D eigenvalue weighted by Crippen LogP contribution is -2.27. The molecule has 0 aliphatic carbocycles. The minimum atomic E-state index is 0.0846. The second-order valence-electron chi connectivity index (χ2n) is 5.18. The van der Waals surface area contributed by atoms with Crippen LogP contribution in [0, 0.1) is 0 Å². The first-order chi connectivity index (χ1) is 10.3. The topological polar surface area (TPSA) is 65.5 Å². The third-order valence-electron chi connectivity index (χ3n) is 3.64. The highest BCUT2D eigenvalue weighted by Crippen LogP contribution is 2.29. The molecule has 0 radical (unpaired) electrons. The molecule has 1 aromatic rings. The maximum atomic E-state index is 5.75. The van der Waals surface area contributed by atoms with Gasteiger partial charge in [0.15, 0.2) is 0 Å². The summed E-state index contributed by atoms with van der Waals surface area (Å²) in [6.45, 7) is 3.93. The minimum Gasteiger partial charge on any atom is -0.480 e. The van der Waals surface area contributed by atoms with E-state index in [2.05, 4.69) is 22.2 Å². The van der Waals surface area contributed by atoms with Gasteiger partial charge in [0.1, 0.15) is 5.69 Å². The van der Waals surface area contributed by atoms with Crippen molar-refractivity contribution >= 4 is 0 Å². The van der Waals surface area contributed by atoms with Crippen LogP contribution in [0.5, 0.6) is 11.8 Å². The molecule has 1 aliphatic rings. The predicted molar refractivity (Wildman–Crippen MR) is 79.8 cm³/mol. The van der Waals surface area contributed by atoms with E-state index in [4.69, 9.17) is 14.2 Å². The molecule has 1 saturated heterocycles. The summed E-state index contributed by atoms with van der Waals surface area (Å²) in [6.07, 6.45) is 6.11. The van der Waals surface area contributed by atoms with Crippen LogP contribution < -0.4 is 14.8 Å². The van der Waals surface area contributed by atoms with Crippen LogP contribution in [0.25, 0.3) is 0 Å². The molecule has 1 fully saturated rings. The maximum absolute atomic E-state index is 5.75. The van der Waals surface area contributed by atoms with Crippen molar-refractivity contribution in [1.82, 2.24) is 15.3 Å². The Hall–Kier alpha value is -1.40. The number of ether oxygens (including phenoxy) is 3. The zero-order valence-corrected chi connectivity index (χ0v) is 13.1. The molecule has 6 heteroatoms. The highest BCUT2D eigenvalue weighted by atomic mass is 16.5. The number of rotatable bonds is 8. The Morgan fingerprint density at radius 2 is 2.29 bits per heavy atom. The molecule has 1 aliphatic heterocycles. The van der Waals surface area contributed by atoms with Crippen molar-refractivity contribution in [3.05, 3.63) is 11.9 Å². The van der Waals surface area contributed by atoms with Crippen molar-refractivity contribution in [2.24, 2.45) is 0 Å². The number of aromatic nitrogens is 2. The quantitative estimate of drug-likeness (QED) is 0.792. The van der Waals surface area contributed by atoms with Crippen molar-refractivity contribution in [2.75, 3.05) is 27.4 Å². The standard InChI is InChI=1S/C15H25N3O3/c1-4-7-16-12(9-11-6-5-8-21-11)14-15(20-3)18-13(19-2)10-17-14/h10-12,16H,4-9H2,1-3H3. The van der Waals surface area contributed by atoms with Gasteiger partial charge >= 0.3 is 0 Å². The van der Waals surface area contributed by atoms with E-state index in [1.165, 1.54) is 0 Å². The number of nitrogens with zero attached hydrogens (tertiary/aromatic N) is 2. The average molecular weight is 295 g/mol. The van der Waals surface area contributed by atoms with Gasteiger partial charge in [-0.1, -0.05) is 6.92 Å². The fraction of sp³-hybridized carbons (Fsp3) is 0.733. The molecule has 2 unspecified atom stereocenters. The lowest BCUT2D eigenvalue weighted by atomic mass is 10.0. The highest BCUT2D eigenvalue weighted by Gasteiger charge is 2.25. The van der Waals surface area contributed by atoms with Gasteiger partial charge in [-0.2, -0.15) is 4.98 Å². The number of hydrogen-bond donors (Lipinski definition) is 1. The van der Waals surface area contributed by atoms with Gasteiger partial charge < -0.3 is 19.5 Å². The van der Waals surface area contributed by atoms with E-state index in [-0.39, 0.29) is 12.1 Å². The second-order valence-corrected chi connectivity index (χ2v) is 5.18. The van der Waals surface area contributed by atoms with Crippen molar-refractivity contribution < 1.29 is 14.2 Å². The molecule has 0 amide bonds. The van der Waals surface area contributed by atoms with Gasteiger partial charge in [0.25, 0.3) is 0 Å². The van der Waals surface area contributed by atoms with Gasteiger partial charge in [0, 0.05) is 6.61 Å². The number of methoxy groups -OCH3 is 2. The largest absolute Gasteiger partial charge is 0.480 e. The summed E-state index contributed by atoms with van der Waals surface area (Å²) in [5.74, 6) is 0.975. The molecular formula is C15H25N3O3. The summed E-state index contributed by atoms with van der Waals surface area (Å²) >= 11 is 0. The molecule has 2 heterocycles. The smallest absolute Gasteiger partial charge is 0.240 e. The van der Waals surface area contributed by atoms with Crippen LogP contribution in [-0.4, -0.2) is 43.4 Å². The van der Waals surface area contributed by atoms with E-state index in [0.717, 1.165) is 44.5 Å². The maximum Gasteiger partial charge on any atom is 0.240 e. The summed E-state index contributed by atoms with van der Waals surface area (Å²) < 4.78 is 16.2. The normalized spacial score (nSPS) is 19.5. The molecule has 6 nitrogen and oxygen atoms in total. The Bertz CT molecular complexity index is 436. The second kappa shape index (κ2) is 8.14. The fourth-order valence-electron chi connectivity index (χ4n) is 2.56. The van der Waals surface area contributed by atoms with Gasteiger partial charge in [-0.05, 0) is 32.2 Å². The van der Waals surface area contributed by atoms with E-state index >= 15 is 0 Å². The van der Waals surface area contributed by atoms with Crippen LogP contribution >= 0.6 is 0 Å². The molecule has 2 rings (SSSR count). The first kappa shape index (κ1) is 16.0. The van der Waals surface area contributed by atoms with Crippen molar-refractivity contribution in [2.45, 2.75) is 44.8 Å². The van der Waals surface area contributed by atoms with E-state index in [1.807, 2.05) is 0 Å². The van der Waals surface area contributed by atoms with Gasteiger partial charge in [0.05, 0.1) is 32.6 Å². The number of nitrogens with one attached hydrogen (secondary N) is 1. The van der Waals surface area contributed by atoms with Crippen LogP contribution in [0.15, 0.2) is 6.20 Å². The SMILES string of the molecule is CCCNC(CC1CCCO1)c1ncc(OC)nc1OC. The predicted octanol–water partition coefficient (Wildman–Crippen LogP) is 2.10. The van der Waals surface area contributed by atoms with Crippen LogP contribution in [0.3, 0.4) is 0 Å². The Labute approximate surface area is 126 Å². The van der Waals surface area contributed by atoms with E-state index in [0.29, 0.717) is 11.8 Å². The summed E-state index contributed by atoms with van der Waals surface area (Å²) in [5, 5.41) is 3.52. The van der Waals surface area contributed by atoms with Crippen molar-refractivity contribution in [3.63, 3.8) is 0 Å². The third kappa shape index (κ3) is 4.28. The molecule has 21 heavy (non-hydrogen) atoms. The molecule has 0 bridgehead atoms. The van der Waals surface area contributed by atoms with Gasteiger partial charge in [-0.15, -0.1) is 0 Å². The molecule has 1 N–H and O–H groups in total. The van der Waals surface area contributed by atoms with E-state index < -0.39 is 0 Å². The molecule has 0 saturated carbocycles. The summed E-state index contributed by atoms with van der Waals surface area (Å²) in [4.78, 5) is 8.81. The summed E-state index contributed by atoms with van der Waals surface area (Å²) in [6, 6.07) is 0.0846. The van der Waals surface area contributed by atoms with Crippen molar-refractivity contribution in [3.8, 4) is 11.8 Å². The molecular weight excluding hydrogens is 270 g/mol. The summed E-state index contributed by atoms with van der Waals surface area (Å²) in [7, 11) is 3.18. The zero-order valence-electron chi connectivity index (χ0n) is 13.1. The van der Waals surface area contributed by atoms with E-state index in [9.17, 15) is 0 Å². The average Bonchev–Trinajstić information content (AvgIpc) is 3.03. The fourth-order valence-corrected chi connectivity index (χ4v) is 2.56. The summed E-state index contributed by atoms with van der Waals surface area (Å²) in [5.41, 5.74) is 0.822. The van der Waals surface area contributed by atoms with Crippen LogP contribution in [0.4, 0.5) is 0 Å². The first-order valence-electron chi connectivity index (χ1n) is 7.58. The molecule has 2 atom stereocenters. The monoisotopic (exact) mass is 295 g/mol. The van der Waals surface area contributed by atoms with Crippen molar-refractivity contribution in [1.29, 1.82) is 0 Å². The van der Waals surface area contributed by atoms with E-state index in [1.54, 1.807) is 20.4 Å². The Morgan fingerprint density at radius 1 is 1.43 bits per heavy atom. The first-order valence-corrected chi connectivity index (χ1v) is 7.58. The Balaban J connectivity index is 2.17. The molecule has 1 aromatic heterocycles. The third-order valence-corrected chi connectivity index (χ3v) is 3.64. The molecule has 0 aromatic carbocycles. The number of hydrogen-bond acceptors (Lipinski definition) is 6.